The minimum atomic E-state index is -4.10. The van der Waals surface area contributed by atoms with E-state index in [9.17, 15) is 28.1 Å². The number of benzene rings is 3. The van der Waals surface area contributed by atoms with Crippen molar-refractivity contribution < 1.29 is 22.9 Å². The molecule has 3 aromatic carbocycles. The van der Waals surface area contributed by atoms with Gasteiger partial charge < -0.3 is 5.32 Å². The lowest BCUT2D eigenvalue weighted by Gasteiger charge is -2.21. The molecule has 0 aromatic heterocycles. The van der Waals surface area contributed by atoms with Gasteiger partial charge in [0.2, 0.25) is 15.9 Å². The molecule has 0 heterocycles. The summed E-state index contributed by atoms with van der Waals surface area (Å²) in [5, 5.41) is 17.2. The number of nitrogens with one attached hydrogen (secondary N) is 2. The second kappa shape index (κ2) is 11.8. The molecule has 0 spiro atoms. The zero-order chi connectivity index (χ0) is 26.1. The van der Waals surface area contributed by atoms with Crippen LogP contribution in [0.3, 0.4) is 0 Å². The Bertz CT molecular complexity index is 1380. The van der Waals surface area contributed by atoms with E-state index in [1.807, 2.05) is 0 Å². The second-order valence-corrected chi connectivity index (χ2v) is 9.55. The third kappa shape index (κ3) is 7.29. The molecule has 0 aliphatic carbocycles. The molecule has 3 aromatic rings. The van der Waals surface area contributed by atoms with E-state index in [1.54, 1.807) is 36.4 Å². The number of hydrogen-bond donors (Lipinski definition) is 2. The summed E-state index contributed by atoms with van der Waals surface area (Å²) in [6.07, 6.45) is 1.22. The van der Waals surface area contributed by atoms with Gasteiger partial charge in [-0.25, -0.2) is 13.8 Å². The molecule has 0 saturated heterocycles. The van der Waals surface area contributed by atoms with E-state index in [-0.39, 0.29) is 23.0 Å². The van der Waals surface area contributed by atoms with Crippen LogP contribution in [-0.4, -0.2) is 42.2 Å². The fourth-order valence-corrected chi connectivity index (χ4v) is 4.55. The lowest BCUT2D eigenvalue weighted by atomic mass is 10.2. The van der Waals surface area contributed by atoms with Crippen LogP contribution in [0.15, 0.2) is 88.9 Å². The minimum absolute atomic E-state index is 0.0552. The van der Waals surface area contributed by atoms with Crippen LogP contribution in [0.1, 0.15) is 18.1 Å². The molecule has 2 amide bonds. The summed E-state index contributed by atoms with van der Waals surface area (Å²) in [5.41, 5.74) is 3.62. The van der Waals surface area contributed by atoms with Crippen LogP contribution in [0.4, 0.5) is 11.4 Å². The van der Waals surface area contributed by atoms with Crippen LogP contribution in [0, 0.1) is 10.1 Å². The Hall–Kier alpha value is -4.42. The molecule has 0 unspecified atom stereocenters. The van der Waals surface area contributed by atoms with Crippen molar-refractivity contribution in [2.24, 2.45) is 5.10 Å². The Balaban J connectivity index is 1.78. The van der Waals surface area contributed by atoms with Gasteiger partial charge >= 0.3 is 0 Å². The van der Waals surface area contributed by atoms with Crippen molar-refractivity contribution >= 4 is 39.4 Å². The monoisotopic (exact) mass is 509 g/mol. The molecular weight excluding hydrogens is 486 g/mol. The quantitative estimate of drug-likeness (QED) is 0.244. The lowest BCUT2D eigenvalue weighted by Crippen LogP contribution is -2.39. The van der Waals surface area contributed by atoms with Crippen LogP contribution in [0.25, 0.3) is 0 Å². The molecule has 0 radical (unpaired) electrons. The van der Waals surface area contributed by atoms with Crippen molar-refractivity contribution in [1.29, 1.82) is 0 Å². The summed E-state index contributed by atoms with van der Waals surface area (Å²) in [4.78, 5) is 34.1. The highest BCUT2D eigenvalue weighted by molar-refractivity contribution is 7.89. The zero-order valence-electron chi connectivity index (χ0n) is 19.2. The molecule has 36 heavy (non-hydrogen) atoms. The van der Waals surface area contributed by atoms with Gasteiger partial charge in [0, 0.05) is 36.9 Å². The fraction of sp³-hybridized carbons (Fsp3) is 0.125. The Morgan fingerprint density at radius 2 is 1.72 bits per heavy atom. The normalized spacial score (nSPS) is 11.4. The van der Waals surface area contributed by atoms with Gasteiger partial charge in [-0.3, -0.25) is 19.7 Å². The Morgan fingerprint density at radius 3 is 2.36 bits per heavy atom. The Kier molecular flexibility index (Phi) is 8.60. The molecule has 0 saturated carbocycles. The maximum atomic E-state index is 13.4. The van der Waals surface area contributed by atoms with E-state index in [4.69, 9.17) is 0 Å². The molecule has 0 atom stereocenters. The number of anilines is 1. The first-order chi connectivity index (χ1) is 17.1. The van der Waals surface area contributed by atoms with Crippen LogP contribution in [0.2, 0.25) is 0 Å². The predicted molar refractivity (Wildman–Crippen MR) is 134 cm³/mol. The smallest absolute Gasteiger partial charge is 0.270 e. The number of nitro benzene ring substituents is 1. The molecule has 2 N–H and O–H groups in total. The molecule has 12 heteroatoms. The van der Waals surface area contributed by atoms with Gasteiger partial charge in [0.05, 0.1) is 22.6 Å². The molecule has 0 fully saturated rings. The first-order valence-corrected chi connectivity index (χ1v) is 12.1. The van der Waals surface area contributed by atoms with Gasteiger partial charge in [0.25, 0.3) is 11.6 Å². The maximum Gasteiger partial charge on any atom is 0.270 e. The molecule has 186 valence electrons. The molecular formula is C24H23N5O6S. The molecule has 0 bridgehead atoms. The molecule has 3 rings (SSSR count). The molecule has 11 nitrogen and oxygen atoms in total. The number of nitro groups is 1. The van der Waals surface area contributed by atoms with Crippen LogP contribution in [0.5, 0.6) is 0 Å². The SMILES string of the molecule is CC(=O)Nc1ccc(S(=O)(=O)N(CC(=O)N/N=C\c2cccc([N+](=O)[O-])c2)Cc2ccccc2)cc1. The van der Waals surface area contributed by atoms with Crippen molar-refractivity contribution in [2.75, 3.05) is 11.9 Å². The first-order valence-electron chi connectivity index (χ1n) is 10.6. The van der Waals surface area contributed by atoms with Crippen molar-refractivity contribution in [1.82, 2.24) is 9.73 Å². The number of sulfonamides is 1. The summed E-state index contributed by atoms with van der Waals surface area (Å²) < 4.78 is 27.7. The first kappa shape index (κ1) is 26.2. The number of non-ortho nitro benzene ring substituents is 1. The highest BCUT2D eigenvalue weighted by Gasteiger charge is 2.27. The average molecular weight is 510 g/mol. The number of hydrogen-bond acceptors (Lipinski definition) is 7. The van der Waals surface area contributed by atoms with Gasteiger partial charge in [0.1, 0.15) is 0 Å². The van der Waals surface area contributed by atoms with Gasteiger partial charge in [-0.15, -0.1) is 0 Å². The zero-order valence-corrected chi connectivity index (χ0v) is 20.0. The highest BCUT2D eigenvalue weighted by Crippen LogP contribution is 2.20. The number of nitrogens with zero attached hydrogens (tertiary/aromatic N) is 3. The van der Waals surface area contributed by atoms with Crippen LogP contribution < -0.4 is 10.7 Å². The van der Waals surface area contributed by atoms with Crippen molar-refractivity contribution in [3.05, 3.63) is 100 Å². The number of carbonyl (C=O) groups is 2. The lowest BCUT2D eigenvalue weighted by molar-refractivity contribution is -0.384. The number of hydrazone groups is 1. The number of carbonyl (C=O) groups excluding carboxylic acids is 2. The topological polar surface area (TPSA) is 151 Å². The maximum absolute atomic E-state index is 13.4. The van der Waals surface area contributed by atoms with Crippen molar-refractivity contribution in [3.63, 3.8) is 0 Å². The van der Waals surface area contributed by atoms with E-state index in [0.29, 0.717) is 16.8 Å². The summed E-state index contributed by atoms with van der Waals surface area (Å²) in [7, 11) is -4.10. The summed E-state index contributed by atoms with van der Waals surface area (Å²) in [5.74, 6) is -0.996. The largest absolute Gasteiger partial charge is 0.326 e. The van der Waals surface area contributed by atoms with Gasteiger partial charge in [0.15, 0.2) is 0 Å². The van der Waals surface area contributed by atoms with Gasteiger partial charge in [-0.2, -0.15) is 9.41 Å². The summed E-state index contributed by atoms with van der Waals surface area (Å²) >= 11 is 0. The van der Waals surface area contributed by atoms with Crippen LogP contribution >= 0.6 is 0 Å². The molecule has 0 aliphatic rings. The third-order valence-electron chi connectivity index (χ3n) is 4.82. The van der Waals surface area contributed by atoms with E-state index in [0.717, 1.165) is 4.31 Å². The minimum Gasteiger partial charge on any atom is -0.326 e. The Morgan fingerprint density at radius 1 is 1.03 bits per heavy atom. The van der Waals surface area contributed by atoms with Crippen molar-refractivity contribution in [3.8, 4) is 0 Å². The van der Waals surface area contributed by atoms with Crippen LogP contribution in [-0.2, 0) is 26.2 Å². The van der Waals surface area contributed by atoms with E-state index in [2.05, 4.69) is 15.8 Å². The van der Waals surface area contributed by atoms with Crippen molar-refractivity contribution in [2.45, 2.75) is 18.4 Å². The van der Waals surface area contributed by atoms with E-state index in [1.165, 1.54) is 55.6 Å². The standard InChI is InChI=1S/C24H23N5O6S/c1-18(30)26-21-10-12-23(13-11-21)36(34,35)28(16-19-6-3-2-4-7-19)17-24(31)27-25-15-20-8-5-9-22(14-20)29(32)33/h2-15H,16-17H2,1H3,(H,26,30)(H,27,31)/b25-15-. The number of rotatable bonds is 10. The fourth-order valence-electron chi connectivity index (χ4n) is 3.17. The van der Waals surface area contributed by atoms with E-state index < -0.39 is 27.4 Å². The van der Waals surface area contributed by atoms with E-state index >= 15 is 0 Å². The highest BCUT2D eigenvalue weighted by atomic mass is 32.2. The average Bonchev–Trinajstić information content (AvgIpc) is 2.84. The predicted octanol–water partition coefficient (Wildman–Crippen LogP) is 2.89. The van der Waals surface area contributed by atoms with Gasteiger partial charge in [-0.1, -0.05) is 42.5 Å². The number of amides is 2. The summed E-state index contributed by atoms with van der Waals surface area (Å²) in [6, 6.07) is 20.0. The molecule has 0 aliphatic heterocycles. The third-order valence-corrected chi connectivity index (χ3v) is 6.62. The van der Waals surface area contributed by atoms with Gasteiger partial charge in [-0.05, 0) is 29.8 Å². The summed E-state index contributed by atoms with van der Waals surface area (Å²) in [6.45, 7) is 0.738. The second-order valence-electron chi connectivity index (χ2n) is 7.61. The Labute approximate surface area is 207 Å².